The quantitative estimate of drug-likeness (QED) is 0.851. The van der Waals surface area contributed by atoms with E-state index in [2.05, 4.69) is 11.4 Å². The minimum absolute atomic E-state index is 0.0400. The van der Waals surface area contributed by atoms with E-state index in [9.17, 15) is 0 Å². The van der Waals surface area contributed by atoms with Crippen molar-refractivity contribution < 1.29 is 4.42 Å². The van der Waals surface area contributed by atoms with E-state index >= 15 is 0 Å². The van der Waals surface area contributed by atoms with Crippen molar-refractivity contribution in [1.29, 1.82) is 5.26 Å². The molecule has 0 fully saturated rings. The molecule has 3 heteroatoms. The molecule has 0 aliphatic heterocycles. The minimum Gasteiger partial charge on any atom is -0.464 e. The van der Waals surface area contributed by atoms with Crippen LogP contribution in [-0.4, -0.2) is 6.54 Å². The van der Waals surface area contributed by atoms with E-state index in [-0.39, 0.29) is 5.92 Å². The molecule has 0 aliphatic rings. The van der Waals surface area contributed by atoms with Gasteiger partial charge in [-0.05, 0) is 13.0 Å². The summed E-state index contributed by atoms with van der Waals surface area (Å²) in [4.78, 5) is 0. The molecule has 1 aromatic carbocycles. The molecular formula is C13H14N2O. The second kappa shape index (κ2) is 4.82. The van der Waals surface area contributed by atoms with Gasteiger partial charge in [0, 0.05) is 24.0 Å². The Morgan fingerprint density at radius 2 is 2.25 bits per heavy atom. The van der Waals surface area contributed by atoms with Crippen molar-refractivity contribution in [3.05, 3.63) is 36.1 Å². The molecule has 2 aromatic rings. The second-order valence-electron chi connectivity index (χ2n) is 3.92. The fraction of sp³-hybridized carbons (Fsp3) is 0.308. The highest BCUT2D eigenvalue weighted by molar-refractivity contribution is 5.80. The van der Waals surface area contributed by atoms with Crippen molar-refractivity contribution in [1.82, 2.24) is 5.32 Å². The SMILES string of the molecule is CC(C#N)CNCc1coc2ccccc12. The number of furan rings is 1. The van der Waals surface area contributed by atoms with Gasteiger partial charge in [0.25, 0.3) is 0 Å². The lowest BCUT2D eigenvalue weighted by Gasteiger charge is -2.03. The Bertz CT molecular complexity index is 510. The van der Waals surface area contributed by atoms with Crippen LogP contribution in [0, 0.1) is 17.2 Å². The van der Waals surface area contributed by atoms with Crippen LogP contribution in [0.2, 0.25) is 0 Å². The van der Waals surface area contributed by atoms with Crippen LogP contribution in [0.15, 0.2) is 34.9 Å². The van der Waals surface area contributed by atoms with Gasteiger partial charge in [-0.15, -0.1) is 0 Å². The Labute approximate surface area is 94.7 Å². The highest BCUT2D eigenvalue weighted by Crippen LogP contribution is 2.20. The van der Waals surface area contributed by atoms with Crippen LogP contribution in [0.4, 0.5) is 0 Å². The number of nitriles is 1. The van der Waals surface area contributed by atoms with E-state index in [1.807, 2.05) is 31.2 Å². The summed E-state index contributed by atoms with van der Waals surface area (Å²) in [5.74, 6) is 0.0400. The third-order valence-electron chi connectivity index (χ3n) is 2.55. The van der Waals surface area contributed by atoms with E-state index in [0.717, 1.165) is 23.1 Å². The summed E-state index contributed by atoms with van der Waals surface area (Å²) in [6.45, 7) is 3.35. The molecule has 0 radical (unpaired) electrons. The van der Waals surface area contributed by atoms with Gasteiger partial charge in [0.15, 0.2) is 0 Å². The Morgan fingerprint density at radius 1 is 1.44 bits per heavy atom. The number of hydrogen-bond donors (Lipinski definition) is 1. The maximum absolute atomic E-state index is 8.66. The average Bonchev–Trinajstić information content (AvgIpc) is 2.73. The lowest BCUT2D eigenvalue weighted by molar-refractivity contribution is 0.582. The topological polar surface area (TPSA) is 49.0 Å². The third kappa shape index (κ3) is 2.23. The first-order valence-electron chi connectivity index (χ1n) is 5.36. The Morgan fingerprint density at radius 3 is 3.06 bits per heavy atom. The van der Waals surface area contributed by atoms with Gasteiger partial charge >= 0.3 is 0 Å². The molecule has 1 atom stereocenters. The molecule has 3 nitrogen and oxygen atoms in total. The van der Waals surface area contributed by atoms with Crippen molar-refractivity contribution in [3.8, 4) is 6.07 Å². The predicted octanol–water partition coefficient (Wildman–Crippen LogP) is 2.68. The largest absolute Gasteiger partial charge is 0.464 e. The highest BCUT2D eigenvalue weighted by Gasteiger charge is 2.05. The molecule has 0 bridgehead atoms. The van der Waals surface area contributed by atoms with E-state index in [1.165, 1.54) is 0 Å². The summed E-state index contributed by atoms with van der Waals surface area (Å²) in [5, 5.41) is 13.0. The van der Waals surface area contributed by atoms with E-state index < -0.39 is 0 Å². The van der Waals surface area contributed by atoms with Gasteiger partial charge in [-0.2, -0.15) is 5.26 Å². The van der Waals surface area contributed by atoms with Crippen LogP contribution in [-0.2, 0) is 6.54 Å². The Hall–Kier alpha value is -1.79. The maximum atomic E-state index is 8.66. The molecule has 0 amide bonds. The van der Waals surface area contributed by atoms with Crippen molar-refractivity contribution >= 4 is 11.0 Å². The van der Waals surface area contributed by atoms with Crippen molar-refractivity contribution in [3.63, 3.8) is 0 Å². The van der Waals surface area contributed by atoms with Gasteiger partial charge in [-0.1, -0.05) is 18.2 Å². The lowest BCUT2D eigenvalue weighted by Crippen LogP contribution is -2.19. The van der Waals surface area contributed by atoms with Crippen LogP contribution in [0.5, 0.6) is 0 Å². The van der Waals surface area contributed by atoms with Gasteiger partial charge in [0.2, 0.25) is 0 Å². The Balaban J connectivity index is 2.02. The van der Waals surface area contributed by atoms with E-state index in [0.29, 0.717) is 6.54 Å². The van der Waals surface area contributed by atoms with Crippen LogP contribution < -0.4 is 5.32 Å². The van der Waals surface area contributed by atoms with Gasteiger partial charge in [0.05, 0.1) is 18.3 Å². The molecule has 0 spiro atoms. The normalized spacial score (nSPS) is 12.5. The number of benzene rings is 1. The molecule has 82 valence electrons. The molecule has 0 saturated heterocycles. The fourth-order valence-electron chi connectivity index (χ4n) is 1.64. The summed E-state index contributed by atoms with van der Waals surface area (Å²) in [5.41, 5.74) is 2.05. The molecule has 16 heavy (non-hydrogen) atoms. The van der Waals surface area contributed by atoms with Gasteiger partial charge in [-0.25, -0.2) is 0 Å². The Kier molecular flexibility index (Phi) is 3.23. The number of fused-ring (bicyclic) bond motifs is 1. The first kappa shape index (κ1) is 10.7. The zero-order chi connectivity index (χ0) is 11.4. The summed E-state index contributed by atoms with van der Waals surface area (Å²) in [6, 6.07) is 10.2. The van der Waals surface area contributed by atoms with E-state index in [1.54, 1.807) is 6.26 Å². The molecule has 1 N–H and O–H groups in total. The van der Waals surface area contributed by atoms with E-state index in [4.69, 9.17) is 9.68 Å². The first-order valence-corrected chi connectivity index (χ1v) is 5.36. The zero-order valence-electron chi connectivity index (χ0n) is 9.23. The second-order valence-corrected chi connectivity index (χ2v) is 3.92. The number of para-hydroxylation sites is 1. The number of nitrogens with zero attached hydrogens (tertiary/aromatic N) is 1. The minimum atomic E-state index is 0.0400. The molecule has 1 heterocycles. The van der Waals surface area contributed by atoms with Crippen molar-refractivity contribution in [2.24, 2.45) is 5.92 Å². The fourth-order valence-corrected chi connectivity index (χ4v) is 1.64. The number of rotatable bonds is 4. The lowest BCUT2D eigenvalue weighted by atomic mass is 10.1. The summed E-state index contributed by atoms with van der Waals surface area (Å²) in [6.07, 6.45) is 1.77. The average molecular weight is 214 g/mol. The first-order chi connectivity index (χ1) is 7.81. The molecule has 1 unspecified atom stereocenters. The summed E-state index contributed by atoms with van der Waals surface area (Å²) in [7, 11) is 0. The van der Waals surface area contributed by atoms with Crippen molar-refractivity contribution in [2.75, 3.05) is 6.54 Å². The number of nitrogens with one attached hydrogen (secondary N) is 1. The molecule has 1 aromatic heterocycles. The molecule has 0 saturated carbocycles. The van der Waals surface area contributed by atoms with Gasteiger partial charge in [-0.3, -0.25) is 0 Å². The monoisotopic (exact) mass is 214 g/mol. The number of hydrogen-bond acceptors (Lipinski definition) is 3. The predicted molar refractivity (Wildman–Crippen MR) is 62.7 cm³/mol. The third-order valence-corrected chi connectivity index (χ3v) is 2.55. The van der Waals surface area contributed by atoms with Gasteiger partial charge < -0.3 is 9.73 Å². The van der Waals surface area contributed by atoms with Crippen molar-refractivity contribution in [2.45, 2.75) is 13.5 Å². The molecule has 0 aliphatic carbocycles. The van der Waals surface area contributed by atoms with Gasteiger partial charge in [0.1, 0.15) is 5.58 Å². The summed E-state index contributed by atoms with van der Waals surface area (Å²) >= 11 is 0. The standard InChI is InChI=1S/C13H14N2O/c1-10(6-14)7-15-8-11-9-16-13-5-3-2-4-12(11)13/h2-5,9-10,15H,7-8H2,1H3. The van der Waals surface area contributed by atoms with Crippen LogP contribution in [0.3, 0.4) is 0 Å². The smallest absolute Gasteiger partial charge is 0.134 e. The molecule has 2 rings (SSSR count). The highest BCUT2D eigenvalue weighted by atomic mass is 16.3. The summed E-state index contributed by atoms with van der Waals surface area (Å²) < 4.78 is 5.43. The molecular weight excluding hydrogens is 200 g/mol. The zero-order valence-corrected chi connectivity index (χ0v) is 9.23. The van der Waals surface area contributed by atoms with Crippen LogP contribution in [0.1, 0.15) is 12.5 Å². The maximum Gasteiger partial charge on any atom is 0.134 e. The van der Waals surface area contributed by atoms with Crippen LogP contribution >= 0.6 is 0 Å². The van der Waals surface area contributed by atoms with Crippen LogP contribution in [0.25, 0.3) is 11.0 Å².